The molecule has 0 aliphatic carbocycles. The highest BCUT2D eigenvalue weighted by Gasteiger charge is 2.23. The summed E-state index contributed by atoms with van der Waals surface area (Å²) in [6.45, 7) is 2.34. The van der Waals surface area contributed by atoms with E-state index in [0.29, 0.717) is 13.0 Å². The normalized spacial score (nSPS) is 13.8. The van der Waals surface area contributed by atoms with Gasteiger partial charge in [0.2, 0.25) is 0 Å². The number of nitrogens with two attached hydrogens (primary N) is 1. The number of benzene rings is 2. The first kappa shape index (κ1) is 14.5. The number of hydrogen-bond donors (Lipinski definition) is 2. The molecule has 20 heavy (non-hydrogen) atoms. The van der Waals surface area contributed by atoms with Crippen molar-refractivity contribution in [1.29, 1.82) is 0 Å². The van der Waals surface area contributed by atoms with Crippen molar-refractivity contribution in [3.63, 3.8) is 0 Å². The average Bonchev–Trinajstić information content (AvgIpc) is 2.41. The summed E-state index contributed by atoms with van der Waals surface area (Å²) in [5, 5.41) is 3.29. The standard InChI is InChI=1S/C16H18F2N2/c1-16(11-19,10-12-3-2-4-14(18)9-12)20-15-7-5-13(17)6-8-15/h2-9,20H,10-11,19H2,1H3. The van der Waals surface area contributed by atoms with Crippen LogP contribution in [-0.4, -0.2) is 12.1 Å². The Kier molecular flexibility index (Phi) is 4.35. The Morgan fingerprint density at radius 2 is 1.75 bits per heavy atom. The quantitative estimate of drug-likeness (QED) is 0.879. The lowest BCUT2D eigenvalue weighted by Crippen LogP contribution is -2.44. The van der Waals surface area contributed by atoms with Crippen LogP contribution >= 0.6 is 0 Å². The lowest BCUT2D eigenvalue weighted by molar-refractivity contribution is 0.518. The van der Waals surface area contributed by atoms with Crippen molar-refractivity contribution in [3.8, 4) is 0 Å². The van der Waals surface area contributed by atoms with Gasteiger partial charge in [0, 0.05) is 12.2 Å². The number of hydrogen-bond acceptors (Lipinski definition) is 2. The van der Waals surface area contributed by atoms with Crippen LogP contribution in [0.25, 0.3) is 0 Å². The summed E-state index contributed by atoms with van der Waals surface area (Å²) in [5.41, 5.74) is 7.07. The van der Waals surface area contributed by atoms with Gasteiger partial charge in [-0.1, -0.05) is 12.1 Å². The summed E-state index contributed by atoms with van der Waals surface area (Å²) in [6, 6.07) is 12.6. The molecule has 106 valence electrons. The molecule has 0 amide bonds. The van der Waals surface area contributed by atoms with Crippen molar-refractivity contribution in [3.05, 3.63) is 65.7 Å². The van der Waals surface area contributed by atoms with Crippen molar-refractivity contribution in [2.75, 3.05) is 11.9 Å². The summed E-state index contributed by atoms with van der Waals surface area (Å²) in [6.07, 6.45) is 0.582. The van der Waals surface area contributed by atoms with E-state index in [4.69, 9.17) is 5.73 Å². The molecule has 0 aliphatic rings. The Hall–Kier alpha value is -1.94. The Morgan fingerprint density at radius 3 is 2.35 bits per heavy atom. The van der Waals surface area contributed by atoms with Gasteiger partial charge in [0.1, 0.15) is 11.6 Å². The van der Waals surface area contributed by atoms with Crippen LogP contribution in [0.3, 0.4) is 0 Å². The molecule has 0 aromatic heterocycles. The first-order valence-electron chi connectivity index (χ1n) is 6.49. The minimum Gasteiger partial charge on any atom is -0.378 e. The molecule has 2 nitrogen and oxygen atoms in total. The molecular formula is C16H18F2N2. The van der Waals surface area contributed by atoms with E-state index < -0.39 is 5.54 Å². The van der Waals surface area contributed by atoms with Gasteiger partial charge in [-0.2, -0.15) is 0 Å². The van der Waals surface area contributed by atoms with Gasteiger partial charge >= 0.3 is 0 Å². The molecule has 1 unspecified atom stereocenters. The second-order valence-corrected chi connectivity index (χ2v) is 5.20. The van der Waals surface area contributed by atoms with Crippen LogP contribution in [0, 0.1) is 11.6 Å². The van der Waals surface area contributed by atoms with E-state index in [-0.39, 0.29) is 11.6 Å². The van der Waals surface area contributed by atoms with Gasteiger partial charge in [-0.05, 0) is 55.3 Å². The monoisotopic (exact) mass is 276 g/mol. The van der Waals surface area contributed by atoms with Gasteiger partial charge < -0.3 is 11.1 Å². The molecule has 1 atom stereocenters. The third-order valence-electron chi connectivity index (χ3n) is 3.22. The van der Waals surface area contributed by atoms with Gasteiger partial charge in [0.15, 0.2) is 0 Å². The van der Waals surface area contributed by atoms with Crippen LogP contribution in [0.2, 0.25) is 0 Å². The van der Waals surface area contributed by atoms with E-state index >= 15 is 0 Å². The van der Waals surface area contributed by atoms with E-state index in [1.165, 1.54) is 24.3 Å². The molecule has 0 heterocycles. The molecule has 0 bridgehead atoms. The molecule has 2 aromatic carbocycles. The van der Waals surface area contributed by atoms with E-state index in [2.05, 4.69) is 5.32 Å². The summed E-state index contributed by atoms with van der Waals surface area (Å²) in [5.74, 6) is -0.543. The Balaban J connectivity index is 2.14. The average molecular weight is 276 g/mol. The van der Waals surface area contributed by atoms with E-state index in [1.807, 2.05) is 13.0 Å². The number of halogens is 2. The zero-order chi connectivity index (χ0) is 14.6. The van der Waals surface area contributed by atoms with Crippen molar-refractivity contribution in [2.45, 2.75) is 18.9 Å². The molecule has 0 saturated carbocycles. The van der Waals surface area contributed by atoms with Crippen LogP contribution in [-0.2, 0) is 6.42 Å². The fraction of sp³-hybridized carbons (Fsp3) is 0.250. The van der Waals surface area contributed by atoms with E-state index in [0.717, 1.165) is 11.3 Å². The van der Waals surface area contributed by atoms with Crippen molar-refractivity contribution < 1.29 is 8.78 Å². The number of rotatable bonds is 5. The highest BCUT2D eigenvalue weighted by molar-refractivity contribution is 5.46. The third kappa shape index (κ3) is 3.78. The van der Waals surface area contributed by atoms with Crippen molar-refractivity contribution in [2.24, 2.45) is 5.73 Å². The van der Waals surface area contributed by atoms with E-state index in [1.54, 1.807) is 18.2 Å². The summed E-state index contributed by atoms with van der Waals surface area (Å²) in [7, 11) is 0. The first-order valence-corrected chi connectivity index (χ1v) is 6.49. The largest absolute Gasteiger partial charge is 0.378 e. The SMILES string of the molecule is CC(CN)(Cc1cccc(F)c1)Nc1ccc(F)cc1. The molecule has 0 aliphatic heterocycles. The van der Waals surface area contributed by atoms with Crippen LogP contribution in [0.15, 0.2) is 48.5 Å². The third-order valence-corrected chi connectivity index (χ3v) is 3.22. The van der Waals surface area contributed by atoms with Crippen LogP contribution < -0.4 is 11.1 Å². The maximum Gasteiger partial charge on any atom is 0.123 e. The predicted molar refractivity (Wildman–Crippen MR) is 77.6 cm³/mol. The minimum absolute atomic E-state index is 0.261. The van der Waals surface area contributed by atoms with Crippen molar-refractivity contribution >= 4 is 5.69 Å². The highest BCUT2D eigenvalue weighted by atomic mass is 19.1. The molecule has 0 radical (unpaired) electrons. The molecule has 0 saturated heterocycles. The second kappa shape index (κ2) is 6.01. The van der Waals surface area contributed by atoms with Gasteiger partial charge in [-0.25, -0.2) is 8.78 Å². The molecule has 4 heteroatoms. The fourth-order valence-corrected chi connectivity index (χ4v) is 2.15. The fourth-order valence-electron chi connectivity index (χ4n) is 2.15. The lowest BCUT2D eigenvalue weighted by Gasteiger charge is -2.31. The molecule has 3 N–H and O–H groups in total. The zero-order valence-corrected chi connectivity index (χ0v) is 11.4. The first-order chi connectivity index (χ1) is 9.50. The maximum absolute atomic E-state index is 13.2. The predicted octanol–water partition coefficient (Wildman–Crippen LogP) is 3.34. The summed E-state index contributed by atoms with van der Waals surface area (Å²) in [4.78, 5) is 0. The lowest BCUT2D eigenvalue weighted by atomic mass is 9.92. The van der Waals surface area contributed by atoms with Gasteiger partial charge in [-0.3, -0.25) is 0 Å². The summed E-state index contributed by atoms with van der Waals surface area (Å²) < 4.78 is 26.1. The molecule has 2 rings (SSSR count). The Bertz CT molecular complexity index is 569. The van der Waals surface area contributed by atoms with Gasteiger partial charge in [0.05, 0.1) is 5.54 Å². The van der Waals surface area contributed by atoms with Crippen molar-refractivity contribution in [1.82, 2.24) is 0 Å². The number of nitrogens with one attached hydrogen (secondary N) is 1. The molecule has 0 spiro atoms. The molecule has 2 aromatic rings. The number of anilines is 1. The van der Waals surface area contributed by atoms with Crippen LogP contribution in [0.5, 0.6) is 0 Å². The smallest absolute Gasteiger partial charge is 0.123 e. The topological polar surface area (TPSA) is 38.0 Å². The van der Waals surface area contributed by atoms with Crippen LogP contribution in [0.1, 0.15) is 12.5 Å². The Morgan fingerprint density at radius 1 is 1.05 bits per heavy atom. The van der Waals surface area contributed by atoms with E-state index in [9.17, 15) is 8.78 Å². The zero-order valence-electron chi connectivity index (χ0n) is 11.4. The molecule has 0 fully saturated rings. The Labute approximate surface area is 117 Å². The second-order valence-electron chi connectivity index (χ2n) is 5.20. The molecular weight excluding hydrogens is 258 g/mol. The summed E-state index contributed by atoms with van der Waals surface area (Å²) >= 11 is 0. The maximum atomic E-state index is 13.2. The van der Waals surface area contributed by atoms with Crippen LogP contribution in [0.4, 0.5) is 14.5 Å². The minimum atomic E-state index is -0.425. The van der Waals surface area contributed by atoms with Gasteiger partial charge in [-0.15, -0.1) is 0 Å². The highest BCUT2D eigenvalue weighted by Crippen LogP contribution is 2.20. The van der Waals surface area contributed by atoms with Gasteiger partial charge in [0.25, 0.3) is 0 Å².